The standard InChI is InChI=1S/C30H33ClN2O5/c1-4-37-28(34)12-6-5-9-19-38-27-11-8-7-10-26(27)33(3)30(36)24-18-15-22(20-25(24)31)29(35)32-23-16-13-21(2)14-17-23/h7-8,10-11,13-18,20H,4-6,9,12,19H2,1-3H3,(H,32,35). The molecule has 200 valence electrons. The zero-order chi connectivity index (χ0) is 27.5. The van der Waals surface area contributed by atoms with Crippen LogP contribution in [0.1, 0.15) is 58.9 Å². The molecule has 0 saturated heterocycles. The van der Waals surface area contributed by atoms with Crippen LogP contribution in [0.15, 0.2) is 66.7 Å². The van der Waals surface area contributed by atoms with Gasteiger partial charge >= 0.3 is 5.97 Å². The molecule has 0 aromatic heterocycles. The Morgan fingerprint density at radius 3 is 2.39 bits per heavy atom. The lowest BCUT2D eigenvalue weighted by atomic mass is 10.1. The fourth-order valence-electron chi connectivity index (χ4n) is 3.78. The number of anilines is 2. The minimum atomic E-state index is -0.328. The van der Waals surface area contributed by atoms with Crippen LogP contribution in [0, 0.1) is 6.92 Å². The van der Waals surface area contributed by atoms with Gasteiger partial charge in [-0.15, -0.1) is 0 Å². The maximum absolute atomic E-state index is 13.3. The van der Waals surface area contributed by atoms with E-state index in [1.807, 2.05) is 43.3 Å². The molecule has 0 atom stereocenters. The highest BCUT2D eigenvalue weighted by Gasteiger charge is 2.21. The van der Waals surface area contributed by atoms with Crippen molar-refractivity contribution in [2.45, 2.75) is 39.5 Å². The third-order valence-electron chi connectivity index (χ3n) is 5.89. The Morgan fingerprint density at radius 1 is 0.947 bits per heavy atom. The molecule has 0 aliphatic rings. The summed E-state index contributed by atoms with van der Waals surface area (Å²) >= 11 is 6.45. The van der Waals surface area contributed by atoms with Crippen LogP contribution in [0.25, 0.3) is 0 Å². The normalized spacial score (nSPS) is 10.5. The van der Waals surface area contributed by atoms with Gasteiger partial charge in [0.25, 0.3) is 11.8 Å². The van der Waals surface area contributed by atoms with E-state index in [2.05, 4.69) is 5.32 Å². The van der Waals surface area contributed by atoms with E-state index in [-0.39, 0.29) is 28.4 Å². The summed E-state index contributed by atoms with van der Waals surface area (Å²) in [5.74, 6) is -0.258. The highest BCUT2D eigenvalue weighted by atomic mass is 35.5. The van der Waals surface area contributed by atoms with Crippen molar-refractivity contribution in [2.75, 3.05) is 30.5 Å². The lowest BCUT2D eigenvalue weighted by molar-refractivity contribution is -0.143. The summed E-state index contributed by atoms with van der Waals surface area (Å²) in [6, 6.07) is 19.4. The lowest BCUT2D eigenvalue weighted by Gasteiger charge is -2.21. The number of amides is 2. The maximum Gasteiger partial charge on any atom is 0.305 e. The van der Waals surface area contributed by atoms with Crippen molar-refractivity contribution in [3.8, 4) is 5.75 Å². The van der Waals surface area contributed by atoms with Crippen LogP contribution in [-0.2, 0) is 9.53 Å². The maximum atomic E-state index is 13.3. The van der Waals surface area contributed by atoms with Crippen molar-refractivity contribution < 1.29 is 23.9 Å². The summed E-state index contributed by atoms with van der Waals surface area (Å²) in [6.45, 7) is 4.61. The van der Waals surface area contributed by atoms with Gasteiger partial charge in [0.2, 0.25) is 0 Å². The summed E-state index contributed by atoms with van der Waals surface area (Å²) in [5.41, 5.74) is 2.99. The minimum absolute atomic E-state index is 0.179. The second-order valence-corrected chi connectivity index (χ2v) is 9.22. The van der Waals surface area contributed by atoms with Gasteiger partial charge < -0.3 is 19.7 Å². The van der Waals surface area contributed by atoms with Crippen molar-refractivity contribution >= 4 is 40.8 Å². The first kappa shape index (κ1) is 28.7. The highest BCUT2D eigenvalue weighted by Crippen LogP contribution is 2.30. The first-order valence-electron chi connectivity index (χ1n) is 12.6. The van der Waals surface area contributed by atoms with Crippen LogP contribution >= 0.6 is 11.6 Å². The number of halogens is 1. The third-order valence-corrected chi connectivity index (χ3v) is 6.20. The largest absolute Gasteiger partial charge is 0.491 e. The Kier molecular flexibility index (Phi) is 10.7. The molecule has 0 unspecified atom stereocenters. The number of carbonyl (C=O) groups excluding carboxylic acids is 3. The molecule has 1 N–H and O–H groups in total. The zero-order valence-electron chi connectivity index (χ0n) is 22.0. The van der Waals surface area contributed by atoms with E-state index in [1.54, 1.807) is 38.2 Å². The molecule has 3 rings (SSSR count). The number of nitrogens with one attached hydrogen (secondary N) is 1. The summed E-state index contributed by atoms with van der Waals surface area (Å²) in [6.07, 6.45) is 2.73. The number of nitrogens with zero attached hydrogens (tertiary/aromatic N) is 1. The number of unbranched alkanes of at least 4 members (excludes halogenated alkanes) is 2. The van der Waals surface area contributed by atoms with E-state index < -0.39 is 0 Å². The average Bonchev–Trinajstić information content (AvgIpc) is 2.91. The Morgan fingerprint density at radius 2 is 1.68 bits per heavy atom. The Bertz CT molecular complexity index is 1260. The minimum Gasteiger partial charge on any atom is -0.491 e. The summed E-state index contributed by atoms with van der Waals surface area (Å²) in [7, 11) is 1.65. The van der Waals surface area contributed by atoms with Gasteiger partial charge in [-0.2, -0.15) is 0 Å². The molecule has 3 aromatic carbocycles. The number of ether oxygens (including phenoxy) is 2. The van der Waals surface area contributed by atoms with Gasteiger partial charge in [0.15, 0.2) is 0 Å². The molecule has 0 radical (unpaired) electrons. The number of rotatable bonds is 12. The average molecular weight is 537 g/mol. The fourth-order valence-corrected chi connectivity index (χ4v) is 4.04. The van der Waals surface area contributed by atoms with E-state index in [9.17, 15) is 14.4 Å². The van der Waals surface area contributed by atoms with E-state index in [0.29, 0.717) is 42.3 Å². The molecule has 0 spiro atoms. The molecule has 0 heterocycles. The van der Waals surface area contributed by atoms with Crippen molar-refractivity contribution in [1.82, 2.24) is 0 Å². The molecule has 0 aliphatic carbocycles. The van der Waals surface area contributed by atoms with Crippen molar-refractivity contribution in [2.24, 2.45) is 0 Å². The van der Waals surface area contributed by atoms with Crippen LogP contribution in [0.5, 0.6) is 5.75 Å². The monoisotopic (exact) mass is 536 g/mol. The molecule has 8 heteroatoms. The number of hydrogen-bond donors (Lipinski definition) is 1. The molecular weight excluding hydrogens is 504 g/mol. The predicted molar refractivity (Wildman–Crippen MR) is 150 cm³/mol. The highest BCUT2D eigenvalue weighted by molar-refractivity contribution is 6.35. The van der Waals surface area contributed by atoms with Gasteiger partial charge in [0, 0.05) is 24.7 Å². The topological polar surface area (TPSA) is 84.9 Å². The smallest absolute Gasteiger partial charge is 0.305 e. The van der Waals surface area contributed by atoms with Crippen LogP contribution < -0.4 is 15.0 Å². The van der Waals surface area contributed by atoms with Gasteiger partial charge in [0.1, 0.15) is 5.75 Å². The SMILES string of the molecule is CCOC(=O)CCCCCOc1ccccc1N(C)C(=O)c1ccc(C(=O)Nc2ccc(C)cc2)cc1Cl. The second-order valence-electron chi connectivity index (χ2n) is 8.81. The van der Waals surface area contributed by atoms with Crippen LogP contribution in [0.3, 0.4) is 0 Å². The van der Waals surface area contributed by atoms with Crippen molar-refractivity contribution in [1.29, 1.82) is 0 Å². The summed E-state index contributed by atoms with van der Waals surface area (Å²) in [5, 5.41) is 3.01. The lowest BCUT2D eigenvalue weighted by Crippen LogP contribution is -2.27. The molecule has 0 aliphatic heterocycles. The van der Waals surface area contributed by atoms with Crippen LogP contribution in [-0.4, -0.2) is 38.0 Å². The van der Waals surface area contributed by atoms with Crippen LogP contribution in [0.4, 0.5) is 11.4 Å². The Balaban J connectivity index is 1.61. The first-order valence-corrected chi connectivity index (χ1v) is 13.0. The quantitative estimate of drug-likeness (QED) is 0.206. The summed E-state index contributed by atoms with van der Waals surface area (Å²) in [4.78, 5) is 38.9. The molecule has 0 saturated carbocycles. The van der Waals surface area contributed by atoms with E-state index >= 15 is 0 Å². The first-order chi connectivity index (χ1) is 18.3. The number of esters is 1. The molecule has 38 heavy (non-hydrogen) atoms. The van der Waals surface area contributed by atoms with Crippen molar-refractivity contribution in [3.63, 3.8) is 0 Å². The third kappa shape index (κ3) is 8.08. The van der Waals surface area contributed by atoms with Crippen molar-refractivity contribution in [3.05, 3.63) is 88.4 Å². The summed E-state index contributed by atoms with van der Waals surface area (Å²) < 4.78 is 10.9. The second kappa shape index (κ2) is 14.2. The zero-order valence-corrected chi connectivity index (χ0v) is 22.7. The number of carbonyl (C=O) groups is 3. The fraction of sp³-hybridized carbons (Fsp3) is 0.300. The molecule has 7 nitrogen and oxygen atoms in total. The number of benzene rings is 3. The molecule has 0 bridgehead atoms. The van der Waals surface area contributed by atoms with E-state index in [1.165, 1.54) is 11.0 Å². The molecule has 0 fully saturated rings. The Labute approximate surface area is 228 Å². The number of hydrogen-bond acceptors (Lipinski definition) is 5. The van der Waals surface area contributed by atoms with E-state index in [0.717, 1.165) is 24.8 Å². The van der Waals surface area contributed by atoms with Gasteiger partial charge in [-0.3, -0.25) is 14.4 Å². The van der Waals surface area contributed by atoms with Crippen LogP contribution in [0.2, 0.25) is 5.02 Å². The Hall–Kier alpha value is -3.84. The van der Waals surface area contributed by atoms with Gasteiger partial charge in [-0.1, -0.05) is 41.4 Å². The number of para-hydroxylation sites is 2. The number of aryl methyl sites for hydroxylation is 1. The molecular formula is C30H33ClN2O5. The molecule has 3 aromatic rings. The van der Waals surface area contributed by atoms with Gasteiger partial charge in [-0.05, 0) is 75.6 Å². The van der Waals surface area contributed by atoms with Gasteiger partial charge in [0.05, 0.1) is 29.5 Å². The van der Waals surface area contributed by atoms with Gasteiger partial charge in [-0.25, -0.2) is 0 Å². The molecule has 2 amide bonds. The predicted octanol–water partition coefficient (Wildman–Crippen LogP) is 6.68. The van der Waals surface area contributed by atoms with E-state index in [4.69, 9.17) is 21.1 Å².